The Morgan fingerprint density at radius 2 is 2.00 bits per heavy atom. The first-order chi connectivity index (χ1) is 15.9. The SMILES string of the molecule is Cc1[nH]c2c(F)cccc2c1CCNc1nc(-c2cncc(F)c2)nc2c1N=CC2C(C)C. The number of fused-ring (bicyclic) bond motifs is 2. The summed E-state index contributed by atoms with van der Waals surface area (Å²) in [6, 6.07) is 6.48. The first-order valence-electron chi connectivity index (χ1n) is 11.0. The summed E-state index contributed by atoms with van der Waals surface area (Å²) in [5.41, 5.74) is 4.57. The molecule has 2 N–H and O–H groups in total. The number of anilines is 1. The Morgan fingerprint density at radius 1 is 1.15 bits per heavy atom. The molecular weight excluding hydrogens is 422 g/mol. The fourth-order valence-electron chi connectivity index (χ4n) is 4.33. The minimum absolute atomic E-state index is 0.0580. The Bertz CT molecular complexity index is 1380. The van der Waals surface area contributed by atoms with E-state index in [1.807, 2.05) is 19.2 Å². The quantitative estimate of drug-likeness (QED) is 0.397. The summed E-state index contributed by atoms with van der Waals surface area (Å²) in [6.07, 6.45) is 5.28. The third-order valence-corrected chi connectivity index (χ3v) is 6.04. The van der Waals surface area contributed by atoms with Crippen molar-refractivity contribution in [2.24, 2.45) is 10.9 Å². The molecule has 4 aromatic rings. The van der Waals surface area contributed by atoms with Crippen molar-refractivity contribution in [1.29, 1.82) is 0 Å². The van der Waals surface area contributed by atoms with Crippen LogP contribution in [0, 0.1) is 24.5 Å². The van der Waals surface area contributed by atoms with Crippen molar-refractivity contribution >= 4 is 28.6 Å². The van der Waals surface area contributed by atoms with E-state index < -0.39 is 5.82 Å². The first-order valence-corrected chi connectivity index (χ1v) is 11.0. The van der Waals surface area contributed by atoms with E-state index in [9.17, 15) is 8.78 Å². The molecule has 6 nitrogen and oxygen atoms in total. The largest absolute Gasteiger partial charge is 0.368 e. The van der Waals surface area contributed by atoms with Crippen molar-refractivity contribution in [1.82, 2.24) is 19.9 Å². The molecule has 168 valence electrons. The standard InChI is InChI=1S/C25H24F2N6/c1-13(2)19-12-30-23-22(19)32-24(15-9-16(26)11-28-10-15)33-25(23)29-8-7-17-14(3)31-21-18(17)5-4-6-20(21)27/h4-6,9-13,19,31H,7-8H2,1-3H3,(H,29,32,33). The number of halogens is 2. The molecule has 8 heteroatoms. The zero-order valence-corrected chi connectivity index (χ0v) is 18.7. The molecule has 0 saturated carbocycles. The zero-order valence-electron chi connectivity index (χ0n) is 18.7. The third kappa shape index (κ3) is 3.86. The van der Waals surface area contributed by atoms with Crippen LogP contribution in [-0.4, -0.2) is 32.7 Å². The highest BCUT2D eigenvalue weighted by Crippen LogP contribution is 2.40. The molecule has 5 rings (SSSR count). The molecule has 0 fully saturated rings. The van der Waals surface area contributed by atoms with Crippen molar-refractivity contribution in [2.75, 3.05) is 11.9 Å². The highest BCUT2D eigenvalue weighted by Gasteiger charge is 2.28. The van der Waals surface area contributed by atoms with Gasteiger partial charge in [-0.3, -0.25) is 9.98 Å². The highest BCUT2D eigenvalue weighted by molar-refractivity contribution is 5.86. The van der Waals surface area contributed by atoms with Crippen LogP contribution < -0.4 is 5.32 Å². The number of aliphatic imine (C=N–C) groups is 1. The number of pyridine rings is 1. The molecular formula is C25H24F2N6. The number of nitrogens with zero attached hydrogens (tertiary/aromatic N) is 4. The Morgan fingerprint density at radius 3 is 2.79 bits per heavy atom. The number of aryl methyl sites for hydroxylation is 1. The molecule has 0 spiro atoms. The number of hydrogen-bond acceptors (Lipinski definition) is 5. The Hall–Kier alpha value is -3.68. The van der Waals surface area contributed by atoms with Gasteiger partial charge in [-0.2, -0.15) is 0 Å². The van der Waals surface area contributed by atoms with Crippen molar-refractivity contribution in [3.8, 4) is 11.4 Å². The average Bonchev–Trinajstić information content (AvgIpc) is 3.36. The van der Waals surface area contributed by atoms with Gasteiger partial charge in [0.1, 0.15) is 17.3 Å². The van der Waals surface area contributed by atoms with Crippen molar-refractivity contribution in [2.45, 2.75) is 33.1 Å². The Balaban J connectivity index is 1.47. The minimum Gasteiger partial charge on any atom is -0.368 e. The fraction of sp³-hybridized carbons (Fsp3) is 0.280. The van der Waals surface area contributed by atoms with E-state index in [0.29, 0.717) is 47.3 Å². The molecule has 1 aliphatic rings. The van der Waals surface area contributed by atoms with Crippen LogP contribution in [0.3, 0.4) is 0 Å². The molecule has 0 saturated heterocycles. The number of aromatic amines is 1. The van der Waals surface area contributed by atoms with Crippen LogP contribution in [0.5, 0.6) is 0 Å². The molecule has 1 atom stereocenters. The van der Waals surface area contributed by atoms with Gasteiger partial charge in [-0.1, -0.05) is 26.0 Å². The van der Waals surface area contributed by atoms with Crippen LogP contribution in [0.2, 0.25) is 0 Å². The minimum atomic E-state index is -0.440. The van der Waals surface area contributed by atoms with E-state index in [1.165, 1.54) is 12.1 Å². The summed E-state index contributed by atoms with van der Waals surface area (Å²) in [4.78, 5) is 21.1. The second-order valence-electron chi connectivity index (χ2n) is 8.64. The summed E-state index contributed by atoms with van der Waals surface area (Å²) in [7, 11) is 0. The molecule has 0 aliphatic carbocycles. The maximum atomic E-state index is 14.1. The second-order valence-corrected chi connectivity index (χ2v) is 8.64. The molecule has 1 aliphatic heterocycles. The highest BCUT2D eigenvalue weighted by atomic mass is 19.1. The van der Waals surface area contributed by atoms with Crippen LogP contribution in [-0.2, 0) is 6.42 Å². The van der Waals surface area contributed by atoms with Crippen molar-refractivity contribution < 1.29 is 8.78 Å². The number of hydrogen-bond donors (Lipinski definition) is 2. The molecule has 0 bridgehead atoms. The molecule has 0 amide bonds. The molecule has 4 heterocycles. The fourth-order valence-corrected chi connectivity index (χ4v) is 4.33. The number of aromatic nitrogens is 4. The number of rotatable bonds is 6. The van der Waals surface area contributed by atoms with Gasteiger partial charge in [-0.15, -0.1) is 0 Å². The lowest BCUT2D eigenvalue weighted by atomic mass is 9.94. The first kappa shape index (κ1) is 21.2. The molecule has 33 heavy (non-hydrogen) atoms. The van der Waals surface area contributed by atoms with Crippen molar-refractivity contribution in [3.63, 3.8) is 0 Å². The van der Waals surface area contributed by atoms with Crippen LogP contribution in [0.15, 0.2) is 41.7 Å². The average molecular weight is 447 g/mol. The molecule has 3 aromatic heterocycles. The van der Waals surface area contributed by atoms with E-state index in [-0.39, 0.29) is 11.7 Å². The maximum absolute atomic E-state index is 14.1. The van der Waals surface area contributed by atoms with Gasteiger partial charge in [0, 0.05) is 41.5 Å². The van der Waals surface area contributed by atoms with Crippen LogP contribution >= 0.6 is 0 Å². The van der Waals surface area contributed by atoms with Gasteiger partial charge in [0.25, 0.3) is 0 Å². The van der Waals surface area contributed by atoms with Gasteiger partial charge in [0.05, 0.1) is 17.4 Å². The van der Waals surface area contributed by atoms with Gasteiger partial charge in [0.2, 0.25) is 0 Å². The zero-order chi connectivity index (χ0) is 23.1. The molecule has 0 radical (unpaired) electrons. The van der Waals surface area contributed by atoms with Gasteiger partial charge >= 0.3 is 0 Å². The molecule has 1 aromatic carbocycles. The summed E-state index contributed by atoms with van der Waals surface area (Å²) in [5.74, 6) is 0.672. The van der Waals surface area contributed by atoms with Gasteiger partial charge in [-0.25, -0.2) is 18.7 Å². The normalized spacial score (nSPS) is 14.9. The lowest BCUT2D eigenvalue weighted by Crippen LogP contribution is -2.11. The smallest absolute Gasteiger partial charge is 0.163 e. The second kappa shape index (κ2) is 8.35. The maximum Gasteiger partial charge on any atom is 0.163 e. The van der Waals surface area contributed by atoms with Crippen LogP contribution in [0.1, 0.15) is 36.7 Å². The Labute approximate surface area is 190 Å². The van der Waals surface area contributed by atoms with E-state index in [4.69, 9.17) is 4.98 Å². The van der Waals surface area contributed by atoms with E-state index in [2.05, 4.69) is 39.1 Å². The van der Waals surface area contributed by atoms with Gasteiger partial charge in [0.15, 0.2) is 11.6 Å². The number of para-hydroxylation sites is 1. The van der Waals surface area contributed by atoms with Gasteiger partial charge in [-0.05, 0) is 37.0 Å². The summed E-state index contributed by atoms with van der Waals surface area (Å²) in [5, 5.41) is 4.27. The number of H-pyrrole nitrogens is 1. The lowest BCUT2D eigenvalue weighted by molar-refractivity contribution is 0.605. The lowest BCUT2D eigenvalue weighted by Gasteiger charge is -2.16. The summed E-state index contributed by atoms with van der Waals surface area (Å²) < 4.78 is 27.9. The number of nitrogens with one attached hydrogen (secondary N) is 2. The van der Waals surface area contributed by atoms with E-state index in [1.54, 1.807) is 12.3 Å². The van der Waals surface area contributed by atoms with Crippen molar-refractivity contribution in [3.05, 3.63) is 65.2 Å². The molecule has 1 unspecified atom stereocenters. The predicted molar refractivity (Wildman–Crippen MR) is 126 cm³/mol. The Kier molecular flexibility index (Phi) is 5.36. The summed E-state index contributed by atoms with van der Waals surface area (Å²) in [6.45, 7) is 6.74. The van der Waals surface area contributed by atoms with Crippen LogP contribution in [0.25, 0.3) is 22.3 Å². The summed E-state index contributed by atoms with van der Waals surface area (Å²) >= 11 is 0. The van der Waals surface area contributed by atoms with E-state index in [0.717, 1.165) is 28.5 Å². The monoisotopic (exact) mass is 446 g/mol. The van der Waals surface area contributed by atoms with E-state index >= 15 is 0 Å². The van der Waals surface area contributed by atoms with Crippen LogP contribution in [0.4, 0.5) is 20.3 Å². The third-order valence-electron chi connectivity index (χ3n) is 6.04. The van der Waals surface area contributed by atoms with Gasteiger partial charge < -0.3 is 10.3 Å². The number of benzene rings is 1. The topological polar surface area (TPSA) is 78.9 Å². The predicted octanol–water partition coefficient (Wildman–Crippen LogP) is 5.72.